The van der Waals surface area contributed by atoms with E-state index in [4.69, 9.17) is 4.74 Å². The number of anilines is 1. The molecule has 0 radical (unpaired) electrons. The summed E-state index contributed by atoms with van der Waals surface area (Å²) in [6, 6.07) is 1.81. The molecule has 4 nitrogen and oxygen atoms in total. The lowest BCUT2D eigenvalue weighted by Gasteiger charge is -2.28. The van der Waals surface area contributed by atoms with Crippen LogP contribution >= 0.6 is 0 Å². The van der Waals surface area contributed by atoms with Crippen molar-refractivity contribution in [3.05, 3.63) is 12.4 Å². The number of hydrogen-bond donors (Lipinski definition) is 1. The monoisotopic (exact) mass is 209 g/mol. The summed E-state index contributed by atoms with van der Waals surface area (Å²) in [6.07, 6.45) is 3.61. The van der Waals surface area contributed by atoms with Gasteiger partial charge in [-0.05, 0) is 19.8 Å². The molecule has 0 unspecified atom stereocenters. The van der Waals surface area contributed by atoms with Gasteiger partial charge in [0.1, 0.15) is 12.1 Å². The maximum Gasteiger partial charge on any atom is 0.218 e. The fraction of sp³-hybridized carbons (Fsp3) is 0.636. The van der Waals surface area contributed by atoms with Gasteiger partial charge in [0.15, 0.2) is 0 Å². The Morgan fingerprint density at radius 3 is 2.53 bits per heavy atom. The Morgan fingerprint density at radius 2 is 2.00 bits per heavy atom. The molecule has 84 valence electrons. The van der Waals surface area contributed by atoms with Crippen LogP contribution in [0.15, 0.2) is 12.4 Å². The highest BCUT2D eigenvalue weighted by molar-refractivity contribution is 5.39. The molecule has 1 aromatic rings. The van der Waals surface area contributed by atoms with Gasteiger partial charge in [0, 0.05) is 11.6 Å². The van der Waals surface area contributed by atoms with Gasteiger partial charge in [-0.15, -0.1) is 0 Å². The molecule has 1 heterocycles. The molecular weight excluding hydrogens is 190 g/mol. The number of rotatable bonds is 5. The van der Waals surface area contributed by atoms with E-state index >= 15 is 0 Å². The summed E-state index contributed by atoms with van der Waals surface area (Å²) in [4.78, 5) is 8.13. The number of nitrogens with zero attached hydrogens (tertiary/aromatic N) is 2. The smallest absolute Gasteiger partial charge is 0.218 e. The molecule has 1 aromatic heterocycles. The van der Waals surface area contributed by atoms with Crippen LogP contribution in [0.3, 0.4) is 0 Å². The molecular formula is C11H19N3O. The topological polar surface area (TPSA) is 47.0 Å². The lowest BCUT2D eigenvalue weighted by molar-refractivity contribution is 0.396. The molecule has 0 saturated carbocycles. The van der Waals surface area contributed by atoms with Crippen LogP contribution in [-0.4, -0.2) is 22.6 Å². The summed E-state index contributed by atoms with van der Waals surface area (Å²) in [5, 5.41) is 3.40. The Labute approximate surface area is 91.1 Å². The second-order valence-electron chi connectivity index (χ2n) is 3.84. The van der Waals surface area contributed by atoms with E-state index in [1.165, 1.54) is 6.33 Å². The Bertz CT molecular complexity index is 310. The number of nitrogens with one attached hydrogen (secondary N) is 1. The summed E-state index contributed by atoms with van der Waals surface area (Å²) in [6.45, 7) is 6.51. The van der Waals surface area contributed by atoms with Crippen molar-refractivity contribution in [3.63, 3.8) is 0 Å². The summed E-state index contributed by atoms with van der Waals surface area (Å²) in [5.74, 6) is 1.40. The molecule has 0 amide bonds. The standard InChI is InChI=1S/C11H19N3O/c1-5-11(3,6-2)14-9-7-10(15-4)13-8-12-9/h7-8H,5-6H2,1-4H3,(H,12,13,14). The molecule has 4 heteroatoms. The number of hydrogen-bond acceptors (Lipinski definition) is 4. The van der Waals surface area contributed by atoms with Gasteiger partial charge < -0.3 is 10.1 Å². The van der Waals surface area contributed by atoms with Gasteiger partial charge in [0.2, 0.25) is 5.88 Å². The summed E-state index contributed by atoms with van der Waals surface area (Å²) in [7, 11) is 1.60. The Hall–Kier alpha value is -1.32. The minimum Gasteiger partial charge on any atom is -0.481 e. The average molecular weight is 209 g/mol. The zero-order valence-electron chi connectivity index (χ0n) is 9.87. The fourth-order valence-corrected chi connectivity index (χ4v) is 1.26. The second-order valence-corrected chi connectivity index (χ2v) is 3.84. The highest BCUT2D eigenvalue weighted by atomic mass is 16.5. The zero-order valence-corrected chi connectivity index (χ0v) is 9.87. The van der Waals surface area contributed by atoms with Crippen molar-refractivity contribution >= 4 is 5.82 Å². The predicted molar refractivity (Wildman–Crippen MR) is 61.2 cm³/mol. The molecule has 0 aromatic carbocycles. The van der Waals surface area contributed by atoms with Crippen LogP contribution in [0, 0.1) is 0 Å². The quantitative estimate of drug-likeness (QED) is 0.809. The van der Waals surface area contributed by atoms with Crippen LogP contribution in [-0.2, 0) is 0 Å². The molecule has 15 heavy (non-hydrogen) atoms. The minimum absolute atomic E-state index is 0.0827. The van der Waals surface area contributed by atoms with Crippen LogP contribution in [0.4, 0.5) is 5.82 Å². The summed E-state index contributed by atoms with van der Waals surface area (Å²) < 4.78 is 5.05. The first-order chi connectivity index (χ1) is 7.13. The molecule has 0 aliphatic rings. The highest BCUT2D eigenvalue weighted by Gasteiger charge is 2.19. The van der Waals surface area contributed by atoms with Crippen LogP contribution in [0.5, 0.6) is 5.88 Å². The molecule has 0 saturated heterocycles. The lowest BCUT2D eigenvalue weighted by Crippen LogP contribution is -2.33. The first-order valence-corrected chi connectivity index (χ1v) is 5.27. The van der Waals surface area contributed by atoms with Crippen molar-refractivity contribution in [2.75, 3.05) is 12.4 Å². The molecule has 0 fully saturated rings. The van der Waals surface area contributed by atoms with Gasteiger partial charge in [-0.3, -0.25) is 0 Å². The SMILES string of the molecule is CCC(C)(CC)Nc1cc(OC)ncn1. The van der Waals surface area contributed by atoms with E-state index in [0.717, 1.165) is 18.7 Å². The van der Waals surface area contributed by atoms with Gasteiger partial charge >= 0.3 is 0 Å². The first kappa shape index (κ1) is 11.8. The van der Waals surface area contributed by atoms with Gasteiger partial charge in [-0.25, -0.2) is 9.97 Å². The summed E-state index contributed by atoms with van der Waals surface area (Å²) in [5.41, 5.74) is 0.0827. The van der Waals surface area contributed by atoms with Crippen molar-refractivity contribution in [3.8, 4) is 5.88 Å². The maximum absolute atomic E-state index is 5.05. The summed E-state index contributed by atoms with van der Waals surface area (Å²) >= 11 is 0. The van der Waals surface area contributed by atoms with E-state index in [2.05, 4.69) is 36.1 Å². The Morgan fingerprint density at radius 1 is 1.33 bits per heavy atom. The molecule has 1 N–H and O–H groups in total. The largest absolute Gasteiger partial charge is 0.481 e. The Balaban J connectivity index is 2.79. The lowest BCUT2D eigenvalue weighted by atomic mass is 9.96. The third-order valence-electron chi connectivity index (χ3n) is 2.84. The third-order valence-corrected chi connectivity index (χ3v) is 2.84. The van der Waals surface area contributed by atoms with Crippen molar-refractivity contribution in [1.29, 1.82) is 0 Å². The van der Waals surface area contributed by atoms with Crippen molar-refractivity contribution in [1.82, 2.24) is 9.97 Å². The second kappa shape index (κ2) is 4.96. The third kappa shape index (κ3) is 3.08. The van der Waals surface area contributed by atoms with Crippen molar-refractivity contribution in [2.24, 2.45) is 0 Å². The minimum atomic E-state index is 0.0827. The molecule has 0 atom stereocenters. The average Bonchev–Trinajstić information content (AvgIpc) is 2.29. The van der Waals surface area contributed by atoms with Crippen molar-refractivity contribution < 1.29 is 4.74 Å². The van der Waals surface area contributed by atoms with E-state index in [-0.39, 0.29) is 5.54 Å². The number of methoxy groups -OCH3 is 1. The zero-order chi connectivity index (χ0) is 11.3. The number of ether oxygens (including phenoxy) is 1. The Kier molecular flexibility index (Phi) is 3.88. The molecule has 0 aliphatic heterocycles. The maximum atomic E-state index is 5.05. The van der Waals surface area contributed by atoms with Gasteiger partial charge in [0.05, 0.1) is 7.11 Å². The van der Waals surface area contributed by atoms with E-state index in [1.54, 1.807) is 7.11 Å². The molecule has 0 bridgehead atoms. The van der Waals surface area contributed by atoms with Crippen LogP contribution in [0.1, 0.15) is 33.6 Å². The van der Waals surface area contributed by atoms with Crippen LogP contribution in [0.2, 0.25) is 0 Å². The molecule has 0 aliphatic carbocycles. The van der Waals surface area contributed by atoms with E-state index in [0.29, 0.717) is 5.88 Å². The van der Waals surface area contributed by atoms with E-state index < -0.39 is 0 Å². The first-order valence-electron chi connectivity index (χ1n) is 5.27. The van der Waals surface area contributed by atoms with Crippen molar-refractivity contribution in [2.45, 2.75) is 39.2 Å². The fourth-order valence-electron chi connectivity index (χ4n) is 1.26. The van der Waals surface area contributed by atoms with Crippen LogP contribution < -0.4 is 10.1 Å². The van der Waals surface area contributed by atoms with E-state index in [1.807, 2.05) is 6.07 Å². The van der Waals surface area contributed by atoms with Gasteiger partial charge in [-0.2, -0.15) is 0 Å². The van der Waals surface area contributed by atoms with Crippen LogP contribution in [0.25, 0.3) is 0 Å². The van der Waals surface area contributed by atoms with Gasteiger partial charge in [-0.1, -0.05) is 13.8 Å². The van der Waals surface area contributed by atoms with E-state index in [9.17, 15) is 0 Å². The number of aromatic nitrogens is 2. The normalized spacial score (nSPS) is 11.2. The molecule has 1 rings (SSSR count). The predicted octanol–water partition coefficient (Wildman–Crippen LogP) is 2.48. The molecule has 0 spiro atoms. The van der Waals surface area contributed by atoms with Gasteiger partial charge in [0.25, 0.3) is 0 Å². The highest BCUT2D eigenvalue weighted by Crippen LogP contribution is 2.21.